The molecule has 0 aromatic heterocycles. The van der Waals surface area contributed by atoms with Gasteiger partial charge in [-0.15, -0.1) is 0 Å². The third kappa shape index (κ3) is 5.73. The second kappa shape index (κ2) is 12.6. The van der Waals surface area contributed by atoms with E-state index < -0.39 is 0 Å². The number of fused-ring (bicyclic) bond motifs is 1. The summed E-state index contributed by atoms with van der Waals surface area (Å²) < 4.78 is 0. The van der Waals surface area contributed by atoms with Crippen LogP contribution in [0.2, 0.25) is 0 Å². The third-order valence-electron chi connectivity index (χ3n) is 16.2. The number of nitrogens with one attached hydrogen (secondary N) is 3. The van der Waals surface area contributed by atoms with Gasteiger partial charge < -0.3 is 16.0 Å². The molecule has 2 heterocycles. The molecule has 9 rings (SSSR count). The second-order valence-electron chi connectivity index (χ2n) is 18.7. The van der Waals surface area contributed by atoms with Gasteiger partial charge in [-0.3, -0.25) is 0 Å². The number of hydrogen-bond donors (Lipinski definition) is 3. The maximum atomic E-state index is 4.60. The minimum absolute atomic E-state index is 0.370. The Morgan fingerprint density at radius 3 is 2.21 bits per heavy atom. The van der Waals surface area contributed by atoms with E-state index in [9.17, 15) is 0 Å². The van der Waals surface area contributed by atoms with Gasteiger partial charge in [0.15, 0.2) is 0 Å². The van der Waals surface area contributed by atoms with Crippen LogP contribution < -0.4 is 16.0 Å². The van der Waals surface area contributed by atoms with E-state index in [1.807, 2.05) is 11.1 Å². The monoisotopic (exact) mass is 638 g/mol. The topological polar surface area (TPSA) is 55.9 Å². The summed E-state index contributed by atoms with van der Waals surface area (Å²) in [6, 6.07) is 0.702. The van der Waals surface area contributed by atoms with Gasteiger partial charge in [0.1, 0.15) is 0 Å². The van der Waals surface area contributed by atoms with Gasteiger partial charge >= 0.3 is 0 Å². The fraction of sp³-hybridized carbons (Fsp3) is 0.818. The summed E-state index contributed by atoms with van der Waals surface area (Å²) in [6.45, 7) is 7.56. The SMILES string of the molecule is CC1C=CC=CC1C1(CCCC2(C3C=CC(C4C5C(C(C)C6CCCCCCC6)[C@]45NC4CCCC5=C4CCCC5)CC3)CN2)CN1. The van der Waals surface area contributed by atoms with Crippen LogP contribution in [0.25, 0.3) is 0 Å². The van der Waals surface area contributed by atoms with E-state index in [2.05, 4.69) is 66.3 Å². The lowest BCUT2D eigenvalue weighted by atomic mass is 9.70. The lowest BCUT2D eigenvalue weighted by molar-refractivity contribution is 0.169. The Labute approximate surface area is 287 Å². The highest BCUT2D eigenvalue weighted by atomic mass is 15.2. The molecule has 2 saturated heterocycles. The first-order valence-corrected chi connectivity index (χ1v) is 21.1. The van der Waals surface area contributed by atoms with Gasteiger partial charge in [-0.1, -0.05) is 106 Å². The van der Waals surface area contributed by atoms with Crippen LogP contribution in [0.4, 0.5) is 0 Å². The van der Waals surface area contributed by atoms with Gasteiger partial charge in [-0.05, 0) is 124 Å². The molecule has 0 bridgehead atoms. The quantitative estimate of drug-likeness (QED) is 0.156. The van der Waals surface area contributed by atoms with Gasteiger partial charge in [0.05, 0.1) is 0 Å². The fourth-order valence-electron chi connectivity index (χ4n) is 13.2. The van der Waals surface area contributed by atoms with Gasteiger partial charge in [0.25, 0.3) is 0 Å². The number of hydrogen-bond acceptors (Lipinski definition) is 3. The number of rotatable bonds is 11. The zero-order valence-corrected chi connectivity index (χ0v) is 30.1. The highest BCUT2D eigenvalue weighted by Crippen LogP contribution is 2.82. The van der Waals surface area contributed by atoms with E-state index in [0.717, 1.165) is 41.4 Å². The van der Waals surface area contributed by atoms with Crippen LogP contribution >= 0.6 is 0 Å². The van der Waals surface area contributed by atoms with Crippen LogP contribution in [0, 0.1) is 53.3 Å². The van der Waals surface area contributed by atoms with Crippen LogP contribution in [-0.2, 0) is 0 Å². The normalized spacial score (nSPS) is 47.9. The predicted octanol–water partition coefficient (Wildman–Crippen LogP) is 9.43. The van der Waals surface area contributed by atoms with Crippen molar-refractivity contribution in [2.45, 2.75) is 159 Å². The lowest BCUT2D eigenvalue weighted by Crippen LogP contribution is -2.46. The molecule has 9 aliphatic rings. The highest BCUT2D eigenvalue weighted by Gasteiger charge is 2.88. The molecule has 3 N–H and O–H groups in total. The van der Waals surface area contributed by atoms with Crippen molar-refractivity contribution in [3.8, 4) is 0 Å². The lowest BCUT2D eigenvalue weighted by Gasteiger charge is -2.39. The van der Waals surface area contributed by atoms with Crippen molar-refractivity contribution in [3.05, 3.63) is 47.6 Å². The molecular weight excluding hydrogens is 571 g/mol. The Bertz CT molecular complexity index is 1270. The van der Waals surface area contributed by atoms with Crippen molar-refractivity contribution in [2.75, 3.05) is 13.1 Å². The summed E-state index contributed by atoms with van der Waals surface area (Å²) in [5.74, 6) is 7.62. The zero-order valence-electron chi connectivity index (χ0n) is 30.1. The first kappa shape index (κ1) is 31.8. The van der Waals surface area contributed by atoms with Gasteiger partial charge in [-0.25, -0.2) is 0 Å². The first-order chi connectivity index (χ1) is 23.0. The Kier molecular flexibility index (Phi) is 8.50. The zero-order chi connectivity index (χ0) is 31.6. The Morgan fingerprint density at radius 1 is 0.745 bits per heavy atom. The van der Waals surface area contributed by atoms with Crippen molar-refractivity contribution in [2.24, 2.45) is 53.3 Å². The molecular formula is C44H67N3. The van der Waals surface area contributed by atoms with Crippen LogP contribution in [0.15, 0.2) is 47.6 Å². The molecule has 47 heavy (non-hydrogen) atoms. The molecule has 0 amide bonds. The molecule has 3 heteroatoms. The average Bonchev–Trinajstić information content (AvgIpc) is 3.93. The van der Waals surface area contributed by atoms with E-state index in [0.29, 0.717) is 34.5 Å². The Hall–Kier alpha value is -1.16. The van der Waals surface area contributed by atoms with Crippen molar-refractivity contribution < 1.29 is 0 Å². The van der Waals surface area contributed by atoms with Crippen molar-refractivity contribution in [1.29, 1.82) is 0 Å². The van der Waals surface area contributed by atoms with Crippen LogP contribution in [-0.4, -0.2) is 35.7 Å². The minimum atomic E-state index is 0.370. The molecule has 2 aliphatic heterocycles. The molecule has 7 aliphatic carbocycles. The van der Waals surface area contributed by atoms with Gasteiger partial charge in [0, 0.05) is 41.7 Å². The fourth-order valence-corrected chi connectivity index (χ4v) is 13.2. The summed E-state index contributed by atoms with van der Waals surface area (Å²) in [5, 5.41) is 12.4. The minimum Gasteiger partial charge on any atom is -0.308 e. The van der Waals surface area contributed by atoms with Crippen molar-refractivity contribution in [1.82, 2.24) is 16.0 Å². The largest absolute Gasteiger partial charge is 0.308 e. The second-order valence-corrected chi connectivity index (χ2v) is 18.7. The first-order valence-electron chi connectivity index (χ1n) is 21.1. The van der Waals surface area contributed by atoms with Gasteiger partial charge in [0.2, 0.25) is 0 Å². The van der Waals surface area contributed by atoms with Gasteiger partial charge in [-0.2, -0.15) is 0 Å². The smallest absolute Gasteiger partial charge is 0.0375 e. The molecule has 3 nitrogen and oxygen atoms in total. The summed E-state index contributed by atoms with van der Waals surface area (Å²) >= 11 is 0. The van der Waals surface area contributed by atoms with E-state index in [4.69, 9.17) is 0 Å². The van der Waals surface area contributed by atoms with E-state index in [1.54, 1.807) is 0 Å². The molecule has 12 atom stereocenters. The molecule has 0 aromatic carbocycles. The maximum absolute atomic E-state index is 4.60. The van der Waals surface area contributed by atoms with Crippen LogP contribution in [0.3, 0.4) is 0 Å². The summed E-state index contributed by atoms with van der Waals surface area (Å²) in [4.78, 5) is 0. The molecule has 0 radical (unpaired) electrons. The predicted molar refractivity (Wildman–Crippen MR) is 196 cm³/mol. The number of allylic oxidation sites excluding steroid dienone is 5. The van der Waals surface area contributed by atoms with Crippen LogP contribution in [0.5, 0.6) is 0 Å². The third-order valence-corrected chi connectivity index (χ3v) is 16.2. The Balaban J connectivity index is 0.857. The summed E-state index contributed by atoms with van der Waals surface area (Å²) in [6.07, 6.45) is 42.2. The molecule has 11 unspecified atom stereocenters. The molecule has 0 spiro atoms. The van der Waals surface area contributed by atoms with Crippen molar-refractivity contribution in [3.63, 3.8) is 0 Å². The maximum Gasteiger partial charge on any atom is 0.0375 e. The molecule has 3 saturated carbocycles. The highest BCUT2D eigenvalue weighted by molar-refractivity contribution is 5.44. The van der Waals surface area contributed by atoms with Crippen molar-refractivity contribution >= 4 is 0 Å². The summed E-state index contributed by atoms with van der Waals surface area (Å²) in [5.41, 5.74) is 5.01. The standard InChI is InChI=1S/C44H67N3/c1-30-14-8-11-20-37(30)43(29-46-43)27-13-26-42(28-45-42)35-24-22-34(23-25-35)40-41-39(31(2)32-15-6-4-3-5-7-16-32)44(40,41)47-38-21-12-18-33-17-9-10-19-36(33)38/h8,11,14,20,22,24,30-32,34-35,37-41,45-47H,3-7,9-10,12-13,15-19,21,23,25-29H2,1-2H3/t30?,31?,34?,35?,37?,38?,39?,40?,41?,42?,43?,44-/m0/s1. The van der Waals surface area contributed by atoms with Crippen LogP contribution in [0.1, 0.15) is 136 Å². The summed E-state index contributed by atoms with van der Waals surface area (Å²) in [7, 11) is 0. The van der Waals surface area contributed by atoms with E-state index in [-0.39, 0.29) is 0 Å². The molecule has 0 aromatic rings. The molecule has 5 fully saturated rings. The van der Waals surface area contributed by atoms with E-state index >= 15 is 0 Å². The Morgan fingerprint density at radius 2 is 1.47 bits per heavy atom. The van der Waals surface area contributed by atoms with E-state index in [1.165, 1.54) is 135 Å². The average molecular weight is 638 g/mol. The molecule has 258 valence electrons.